The fraction of sp³-hybridized carbons (Fsp3) is 0.667. The molecule has 1 unspecified atom stereocenters. The normalized spacial score (nSPS) is 19.0. The van der Waals surface area contributed by atoms with Gasteiger partial charge in [0.15, 0.2) is 0 Å². The van der Waals surface area contributed by atoms with Crippen LogP contribution in [0, 0.1) is 18.3 Å². The van der Waals surface area contributed by atoms with Crippen molar-refractivity contribution in [3.8, 4) is 5.75 Å². The maximum absolute atomic E-state index is 6.01. The van der Waals surface area contributed by atoms with Crippen LogP contribution in [0.1, 0.15) is 63.1 Å². The summed E-state index contributed by atoms with van der Waals surface area (Å²) in [4.78, 5) is 0. The standard InChI is InChI=1S/C18H30N2O/c1-13(2)12-18(9-5-6-10-18)17(20-19)15-11-14(3)7-8-16(15)21-4/h7-8,11,13,17,20H,5-6,9-10,12,19H2,1-4H3. The Morgan fingerprint density at radius 2 is 1.95 bits per heavy atom. The molecule has 0 amide bonds. The van der Waals surface area contributed by atoms with Crippen molar-refractivity contribution in [3.63, 3.8) is 0 Å². The van der Waals surface area contributed by atoms with E-state index in [4.69, 9.17) is 10.6 Å². The lowest BCUT2D eigenvalue weighted by atomic mass is 9.70. The molecule has 0 bridgehead atoms. The average molecular weight is 290 g/mol. The van der Waals surface area contributed by atoms with Gasteiger partial charge < -0.3 is 4.74 Å². The zero-order valence-corrected chi connectivity index (χ0v) is 13.9. The first-order valence-electron chi connectivity index (χ1n) is 8.13. The fourth-order valence-corrected chi connectivity index (χ4v) is 4.18. The summed E-state index contributed by atoms with van der Waals surface area (Å²) in [7, 11) is 1.74. The first kappa shape index (κ1) is 16.3. The molecule has 0 heterocycles. The summed E-state index contributed by atoms with van der Waals surface area (Å²) in [5, 5.41) is 0. The lowest BCUT2D eigenvalue weighted by Gasteiger charge is -2.39. The number of aryl methyl sites for hydroxylation is 1. The molecule has 3 nitrogen and oxygen atoms in total. The van der Waals surface area contributed by atoms with Gasteiger partial charge in [-0.05, 0) is 43.6 Å². The summed E-state index contributed by atoms with van der Waals surface area (Å²) in [6, 6.07) is 6.55. The highest BCUT2D eigenvalue weighted by atomic mass is 16.5. The highest BCUT2D eigenvalue weighted by Gasteiger charge is 2.42. The second-order valence-corrected chi connectivity index (χ2v) is 7.01. The van der Waals surface area contributed by atoms with E-state index in [0.29, 0.717) is 5.92 Å². The van der Waals surface area contributed by atoms with Gasteiger partial charge in [-0.3, -0.25) is 11.3 Å². The van der Waals surface area contributed by atoms with Gasteiger partial charge in [-0.2, -0.15) is 0 Å². The number of ether oxygens (including phenoxy) is 1. The molecule has 1 fully saturated rings. The monoisotopic (exact) mass is 290 g/mol. The summed E-state index contributed by atoms with van der Waals surface area (Å²) < 4.78 is 5.60. The van der Waals surface area contributed by atoms with Crippen LogP contribution in [0.4, 0.5) is 0 Å². The van der Waals surface area contributed by atoms with Crippen LogP contribution in [0.3, 0.4) is 0 Å². The first-order chi connectivity index (χ1) is 10.0. The molecule has 21 heavy (non-hydrogen) atoms. The van der Waals surface area contributed by atoms with Crippen LogP contribution < -0.4 is 16.0 Å². The minimum absolute atomic E-state index is 0.164. The van der Waals surface area contributed by atoms with Gasteiger partial charge in [0, 0.05) is 5.56 Å². The van der Waals surface area contributed by atoms with Gasteiger partial charge in [-0.25, -0.2) is 0 Å². The third-order valence-corrected chi connectivity index (χ3v) is 4.89. The number of nitrogens with two attached hydrogens (primary N) is 1. The Hall–Kier alpha value is -1.06. The Bertz CT molecular complexity index is 464. The van der Waals surface area contributed by atoms with Crippen LogP contribution in [0.25, 0.3) is 0 Å². The van der Waals surface area contributed by atoms with Crippen LogP contribution in [0.15, 0.2) is 18.2 Å². The second kappa shape index (κ2) is 6.80. The van der Waals surface area contributed by atoms with Crippen molar-refractivity contribution in [2.24, 2.45) is 17.2 Å². The molecule has 3 N–H and O–H groups in total. The molecule has 118 valence electrons. The van der Waals surface area contributed by atoms with E-state index in [9.17, 15) is 0 Å². The molecule has 1 aromatic carbocycles. The van der Waals surface area contributed by atoms with Crippen LogP contribution in [-0.4, -0.2) is 7.11 Å². The molecular weight excluding hydrogens is 260 g/mol. The molecule has 1 atom stereocenters. The van der Waals surface area contributed by atoms with Crippen molar-refractivity contribution in [2.45, 2.75) is 58.9 Å². The quantitative estimate of drug-likeness (QED) is 0.612. The largest absolute Gasteiger partial charge is 0.496 e. The predicted molar refractivity (Wildman–Crippen MR) is 88.2 cm³/mol. The number of rotatable bonds is 6. The Labute approximate surface area is 129 Å². The van der Waals surface area contributed by atoms with Crippen molar-refractivity contribution in [3.05, 3.63) is 29.3 Å². The van der Waals surface area contributed by atoms with Gasteiger partial charge in [0.1, 0.15) is 5.75 Å². The Balaban J connectivity index is 2.43. The SMILES string of the molecule is COc1ccc(C)cc1C(NN)C1(CC(C)C)CCCC1. The van der Waals surface area contributed by atoms with Crippen molar-refractivity contribution in [2.75, 3.05) is 7.11 Å². The maximum Gasteiger partial charge on any atom is 0.123 e. The zero-order chi connectivity index (χ0) is 15.5. The van der Waals surface area contributed by atoms with Crippen molar-refractivity contribution in [1.82, 2.24) is 5.43 Å². The molecule has 0 aromatic heterocycles. The number of nitrogens with one attached hydrogen (secondary N) is 1. The Kier molecular flexibility index (Phi) is 5.28. The summed E-state index contributed by atoms with van der Waals surface area (Å²) >= 11 is 0. The van der Waals surface area contributed by atoms with E-state index in [2.05, 4.69) is 44.4 Å². The lowest BCUT2D eigenvalue weighted by molar-refractivity contribution is 0.153. The molecular formula is C18H30N2O. The van der Waals surface area contributed by atoms with Gasteiger partial charge in [-0.15, -0.1) is 0 Å². The van der Waals surface area contributed by atoms with Gasteiger partial charge in [-0.1, -0.05) is 44.4 Å². The molecule has 2 rings (SSSR count). The molecule has 0 spiro atoms. The number of hydrogen-bond acceptors (Lipinski definition) is 3. The fourth-order valence-electron chi connectivity index (χ4n) is 4.18. The van der Waals surface area contributed by atoms with Crippen LogP contribution in [0.2, 0.25) is 0 Å². The molecule has 1 aromatic rings. The summed E-state index contributed by atoms with van der Waals surface area (Å²) in [5.41, 5.74) is 5.85. The van der Waals surface area contributed by atoms with E-state index in [1.807, 2.05) is 0 Å². The topological polar surface area (TPSA) is 47.3 Å². The Morgan fingerprint density at radius 1 is 1.29 bits per heavy atom. The van der Waals surface area contributed by atoms with E-state index in [-0.39, 0.29) is 11.5 Å². The van der Waals surface area contributed by atoms with Crippen molar-refractivity contribution < 1.29 is 4.74 Å². The average Bonchev–Trinajstić information content (AvgIpc) is 2.88. The molecule has 1 aliphatic carbocycles. The minimum Gasteiger partial charge on any atom is -0.496 e. The van der Waals surface area contributed by atoms with Crippen LogP contribution >= 0.6 is 0 Å². The number of hydrazine groups is 1. The van der Waals surface area contributed by atoms with Crippen molar-refractivity contribution in [1.29, 1.82) is 0 Å². The smallest absolute Gasteiger partial charge is 0.123 e. The van der Waals surface area contributed by atoms with Crippen LogP contribution in [-0.2, 0) is 0 Å². The lowest BCUT2D eigenvalue weighted by Crippen LogP contribution is -2.41. The van der Waals surface area contributed by atoms with Gasteiger partial charge >= 0.3 is 0 Å². The Morgan fingerprint density at radius 3 is 2.48 bits per heavy atom. The molecule has 0 saturated heterocycles. The number of methoxy groups -OCH3 is 1. The maximum atomic E-state index is 6.01. The molecule has 3 heteroatoms. The number of hydrogen-bond donors (Lipinski definition) is 2. The van der Waals surface area contributed by atoms with E-state index < -0.39 is 0 Å². The second-order valence-electron chi connectivity index (χ2n) is 7.01. The summed E-state index contributed by atoms with van der Waals surface area (Å²) in [6.07, 6.45) is 6.31. The minimum atomic E-state index is 0.164. The van der Waals surface area contributed by atoms with E-state index >= 15 is 0 Å². The van der Waals surface area contributed by atoms with Gasteiger partial charge in [0.2, 0.25) is 0 Å². The summed E-state index contributed by atoms with van der Waals surface area (Å²) in [5.74, 6) is 7.63. The zero-order valence-electron chi connectivity index (χ0n) is 13.9. The third-order valence-electron chi connectivity index (χ3n) is 4.89. The summed E-state index contributed by atoms with van der Waals surface area (Å²) in [6.45, 7) is 6.74. The van der Waals surface area contributed by atoms with E-state index in [1.165, 1.54) is 43.2 Å². The molecule has 0 aliphatic heterocycles. The van der Waals surface area contributed by atoms with Gasteiger partial charge in [0.25, 0.3) is 0 Å². The predicted octanol–water partition coefficient (Wildman–Crippen LogP) is 4.11. The van der Waals surface area contributed by atoms with Crippen molar-refractivity contribution >= 4 is 0 Å². The highest BCUT2D eigenvalue weighted by Crippen LogP contribution is 2.52. The van der Waals surface area contributed by atoms with Crippen LogP contribution in [0.5, 0.6) is 5.75 Å². The first-order valence-corrected chi connectivity index (χ1v) is 8.13. The number of benzene rings is 1. The van der Waals surface area contributed by atoms with Gasteiger partial charge in [0.05, 0.1) is 13.2 Å². The van der Waals surface area contributed by atoms with E-state index in [1.54, 1.807) is 7.11 Å². The highest BCUT2D eigenvalue weighted by molar-refractivity contribution is 5.40. The molecule has 0 radical (unpaired) electrons. The van der Waals surface area contributed by atoms with E-state index in [0.717, 1.165) is 5.75 Å². The third kappa shape index (κ3) is 3.41. The molecule has 1 aliphatic rings. The molecule has 1 saturated carbocycles.